The van der Waals surface area contributed by atoms with Crippen LogP contribution in [0.15, 0.2) is 12.7 Å². The molecule has 0 saturated carbocycles. The molecule has 1 rings (SSSR count). The van der Waals surface area contributed by atoms with Crippen LogP contribution in [0.3, 0.4) is 0 Å². The van der Waals surface area contributed by atoms with Gasteiger partial charge in [-0.2, -0.15) is 0 Å². The van der Waals surface area contributed by atoms with Gasteiger partial charge in [-0.25, -0.2) is 0 Å². The summed E-state index contributed by atoms with van der Waals surface area (Å²) >= 11 is 0. The van der Waals surface area contributed by atoms with E-state index in [-0.39, 0.29) is 0 Å². The second kappa shape index (κ2) is 5.53. The quantitative estimate of drug-likeness (QED) is 0.761. The summed E-state index contributed by atoms with van der Waals surface area (Å²) < 4.78 is 0. The second-order valence-electron chi connectivity index (χ2n) is 6.81. The Kier molecular flexibility index (Phi) is 4.79. The molecule has 17 heavy (non-hydrogen) atoms. The highest BCUT2D eigenvalue weighted by atomic mass is 15.3. The van der Waals surface area contributed by atoms with E-state index < -0.39 is 0 Å². The Morgan fingerprint density at radius 1 is 1.29 bits per heavy atom. The molecular formula is C15H30N2. The molecular weight excluding hydrogens is 208 g/mol. The van der Waals surface area contributed by atoms with E-state index in [0.29, 0.717) is 29.5 Å². The first-order chi connectivity index (χ1) is 7.77. The van der Waals surface area contributed by atoms with Gasteiger partial charge in [-0.3, -0.25) is 4.90 Å². The van der Waals surface area contributed by atoms with Crippen molar-refractivity contribution in [3.63, 3.8) is 0 Å². The molecule has 3 atom stereocenters. The van der Waals surface area contributed by atoms with Crippen LogP contribution in [-0.2, 0) is 0 Å². The molecule has 1 aliphatic heterocycles. The van der Waals surface area contributed by atoms with E-state index in [1.807, 2.05) is 0 Å². The van der Waals surface area contributed by atoms with Crippen LogP contribution in [0, 0.1) is 11.3 Å². The first-order valence-corrected chi connectivity index (χ1v) is 6.89. The predicted molar refractivity (Wildman–Crippen MR) is 76.2 cm³/mol. The highest BCUT2D eigenvalue weighted by Gasteiger charge is 2.36. The molecule has 0 aliphatic carbocycles. The minimum Gasteiger partial charge on any atom is -0.311 e. The summed E-state index contributed by atoms with van der Waals surface area (Å²) in [6.45, 7) is 20.0. The van der Waals surface area contributed by atoms with Gasteiger partial charge in [0.05, 0.1) is 0 Å². The van der Waals surface area contributed by atoms with E-state index in [2.05, 4.69) is 64.4 Å². The Morgan fingerprint density at radius 2 is 1.88 bits per heavy atom. The molecule has 1 heterocycles. The van der Waals surface area contributed by atoms with Crippen molar-refractivity contribution in [2.75, 3.05) is 13.1 Å². The molecule has 1 saturated heterocycles. The van der Waals surface area contributed by atoms with E-state index in [1.54, 1.807) is 0 Å². The number of rotatable bonds is 3. The van der Waals surface area contributed by atoms with Crippen molar-refractivity contribution in [2.45, 2.75) is 59.7 Å². The van der Waals surface area contributed by atoms with Gasteiger partial charge in [-0.1, -0.05) is 40.7 Å². The van der Waals surface area contributed by atoms with Crippen LogP contribution in [-0.4, -0.2) is 36.1 Å². The van der Waals surface area contributed by atoms with Gasteiger partial charge in [0.25, 0.3) is 0 Å². The maximum absolute atomic E-state index is 3.95. The van der Waals surface area contributed by atoms with E-state index in [1.165, 1.54) is 0 Å². The summed E-state index contributed by atoms with van der Waals surface area (Å²) in [7, 11) is 0. The fourth-order valence-electron chi connectivity index (χ4n) is 2.59. The topological polar surface area (TPSA) is 15.3 Å². The number of nitrogens with one attached hydrogen (secondary N) is 1. The Hall–Kier alpha value is -0.340. The number of hydrogen-bond donors (Lipinski definition) is 1. The third-order valence-electron chi connectivity index (χ3n) is 4.07. The van der Waals surface area contributed by atoms with E-state index in [0.717, 1.165) is 13.1 Å². The zero-order valence-electron chi connectivity index (χ0n) is 12.5. The Labute approximate surface area is 107 Å². The first-order valence-electron chi connectivity index (χ1n) is 6.89. The highest BCUT2D eigenvalue weighted by molar-refractivity contribution is 4.98. The molecule has 2 nitrogen and oxygen atoms in total. The number of nitrogens with zero attached hydrogens (tertiary/aromatic N) is 1. The molecule has 0 bridgehead atoms. The summed E-state index contributed by atoms with van der Waals surface area (Å²) in [5.74, 6) is 0.686. The number of hydrogen-bond acceptors (Lipinski definition) is 2. The largest absolute Gasteiger partial charge is 0.311 e. The fraction of sp³-hybridized carbons (Fsp3) is 0.867. The minimum atomic E-state index is 0.321. The Balaban J connectivity index is 2.80. The molecule has 1 aliphatic rings. The van der Waals surface area contributed by atoms with Crippen LogP contribution >= 0.6 is 0 Å². The number of piperazine rings is 1. The average Bonchev–Trinajstić information content (AvgIpc) is 2.25. The lowest BCUT2D eigenvalue weighted by Crippen LogP contribution is -2.63. The van der Waals surface area contributed by atoms with Crippen molar-refractivity contribution in [1.29, 1.82) is 0 Å². The van der Waals surface area contributed by atoms with Crippen LogP contribution in [0.1, 0.15) is 41.5 Å². The van der Waals surface area contributed by atoms with Crippen molar-refractivity contribution in [3.05, 3.63) is 12.7 Å². The maximum Gasteiger partial charge on any atom is 0.0251 e. The van der Waals surface area contributed by atoms with Crippen LogP contribution in [0.25, 0.3) is 0 Å². The molecule has 0 aromatic rings. The van der Waals surface area contributed by atoms with Gasteiger partial charge < -0.3 is 5.32 Å². The highest BCUT2D eigenvalue weighted by Crippen LogP contribution is 2.26. The van der Waals surface area contributed by atoms with Crippen molar-refractivity contribution >= 4 is 0 Å². The molecule has 0 spiro atoms. The normalized spacial score (nSPS) is 29.4. The van der Waals surface area contributed by atoms with Crippen molar-refractivity contribution in [2.24, 2.45) is 11.3 Å². The summed E-state index contributed by atoms with van der Waals surface area (Å²) in [4.78, 5) is 2.62. The first kappa shape index (κ1) is 14.7. The molecule has 0 aromatic carbocycles. The summed E-state index contributed by atoms with van der Waals surface area (Å²) in [5, 5.41) is 3.72. The van der Waals surface area contributed by atoms with Crippen molar-refractivity contribution in [3.8, 4) is 0 Å². The lowest BCUT2D eigenvalue weighted by Gasteiger charge is -2.48. The summed E-state index contributed by atoms with van der Waals surface area (Å²) in [5.41, 5.74) is 0.321. The van der Waals surface area contributed by atoms with E-state index in [4.69, 9.17) is 0 Å². The lowest BCUT2D eigenvalue weighted by atomic mass is 9.83. The average molecular weight is 238 g/mol. The third kappa shape index (κ3) is 3.56. The zero-order valence-corrected chi connectivity index (χ0v) is 12.5. The van der Waals surface area contributed by atoms with Crippen LogP contribution in [0.2, 0.25) is 0 Å². The van der Waals surface area contributed by atoms with Gasteiger partial charge in [0.2, 0.25) is 0 Å². The smallest absolute Gasteiger partial charge is 0.0251 e. The molecule has 0 radical (unpaired) electrons. The fourth-order valence-corrected chi connectivity index (χ4v) is 2.59. The Morgan fingerprint density at radius 3 is 2.29 bits per heavy atom. The Bertz CT molecular complexity index is 252. The molecule has 0 amide bonds. The van der Waals surface area contributed by atoms with Crippen LogP contribution in [0.4, 0.5) is 0 Å². The van der Waals surface area contributed by atoms with Gasteiger partial charge in [0.1, 0.15) is 0 Å². The molecule has 1 fully saturated rings. The van der Waals surface area contributed by atoms with Crippen molar-refractivity contribution < 1.29 is 0 Å². The van der Waals surface area contributed by atoms with Crippen LogP contribution in [0.5, 0.6) is 0 Å². The molecule has 1 N–H and O–H groups in total. The second-order valence-corrected chi connectivity index (χ2v) is 6.81. The van der Waals surface area contributed by atoms with Gasteiger partial charge in [-0.05, 0) is 18.3 Å². The van der Waals surface area contributed by atoms with Gasteiger partial charge in [0.15, 0.2) is 0 Å². The molecule has 0 aromatic heterocycles. The SMILES string of the molecule is C=CC(C)N1CC(C(C)(C)C)NCC1C(C)C. The minimum absolute atomic E-state index is 0.321. The van der Waals surface area contributed by atoms with Crippen LogP contribution < -0.4 is 5.32 Å². The predicted octanol–water partition coefficient (Wildman–Crippen LogP) is 2.91. The summed E-state index contributed by atoms with van der Waals surface area (Å²) in [6, 6.07) is 1.66. The summed E-state index contributed by atoms with van der Waals surface area (Å²) in [6.07, 6.45) is 2.07. The molecule has 100 valence electrons. The van der Waals surface area contributed by atoms with Gasteiger partial charge in [-0.15, -0.1) is 6.58 Å². The van der Waals surface area contributed by atoms with Crippen molar-refractivity contribution in [1.82, 2.24) is 10.2 Å². The molecule has 2 heteroatoms. The standard InChI is InChI=1S/C15H30N2/c1-8-12(4)17-10-14(15(5,6)7)16-9-13(17)11(2)3/h8,11-14,16H,1,9-10H2,2-7H3. The lowest BCUT2D eigenvalue weighted by molar-refractivity contribution is 0.0481. The van der Waals surface area contributed by atoms with E-state index in [9.17, 15) is 0 Å². The molecule has 3 unspecified atom stereocenters. The zero-order chi connectivity index (χ0) is 13.2. The van der Waals surface area contributed by atoms with E-state index >= 15 is 0 Å². The third-order valence-corrected chi connectivity index (χ3v) is 4.07. The van der Waals surface area contributed by atoms with Gasteiger partial charge in [0, 0.05) is 31.2 Å². The maximum atomic E-state index is 3.95. The monoisotopic (exact) mass is 238 g/mol. The van der Waals surface area contributed by atoms with Gasteiger partial charge >= 0.3 is 0 Å².